The average molecular weight is 671 g/mol. The van der Waals surface area contributed by atoms with Gasteiger partial charge in [0, 0.05) is 11.1 Å². The second kappa shape index (κ2) is 18.3. The van der Waals surface area contributed by atoms with Crippen molar-refractivity contribution in [1.82, 2.24) is 0 Å². The lowest BCUT2D eigenvalue weighted by atomic mass is 9.87. The van der Waals surface area contributed by atoms with Gasteiger partial charge in [-0.05, 0) is 132 Å². The third-order valence-corrected chi connectivity index (χ3v) is 9.39. The fraction of sp³-hybridized carbons (Fsp3) is 0.348. The number of carbonyl (C=O) groups excluding carboxylic acids is 2. The van der Waals surface area contributed by atoms with Gasteiger partial charge in [0.2, 0.25) is 0 Å². The Morgan fingerprint density at radius 3 is 1.40 bits per heavy atom. The molecule has 4 aromatic rings. The van der Waals surface area contributed by atoms with Crippen molar-refractivity contribution in [2.24, 2.45) is 0 Å². The number of hydrogen-bond donors (Lipinski definition) is 0. The molecule has 0 saturated carbocycles. The zero-order valence-corrected chi connectivity index (χ0v) is 31.0. The van der Waals surface area contributed by atoms with Gasteiger partial charge in [-0.1, -0.05) is 113 Å². The molecule has 0 amide bonds. The molecule has 0 unspecified atom stereocenters. The van der Waals surface area contributed by atoms with Gasteiger partial charge in [-0.3, -0.25) is 0 Å². The van der Waals surface area contributed by atoms with Crippen molar-refractivity contribution in [3.63, 3.8) is 0 Å². The van der Waals surface area contributed by atoms with E-state index in [0.29, 0.717) is 24.4 Å². The third kappa shape index (κ3) is 9.94. The Balaban J connectivity index is 1.64. The van der Waals surface area contributed by atoms with E-state index in [1.165, 1.54) is 66.8 Å². The lowest BCUT2D eigenvalue weighted by Crippen LogP contribution is -2.08. The molecule has 0 atom stereocenters. The number of benzene rings is 4. The Morgan fingerprint density at radius 2 is 0.980 bits per heavy atom. The zero-order valence-electron chi connectivity index (χ0n) is 31.0. The number of carbonyl (C=O) groups is 2. The molecule has 4 rings (SSSR count). The Labute approximate surface area is 300 Å². The van der Waals surface area contributed by atoms with E-state index in [1.54, 1.807) is 13.8 Å². The number of ether oxygens (including phenoxy) is 2. The van der Waals surface area contributed by atoms with E-state index >= 15 is 0 Å². The molecule has 0 saturated heterocycles. The van der Waals surface area contributed by atoms with Crippen molar-refractivity contribution in [3.05, 3.63) is 130 Å². The maximum absolute atomic E-state index is 11.9. The molecule has 0 fully saturated rings. The molecule has 0 aliphatic carbocycles. The highest BCUT2D eigenvalue weighted by Crippen LogP contribution is 2.35. The van der Waals surface area contributed by atoms with Crippen LogP contribution in [0.2, 0.25) is 0 Å². The van der Waals surface area contributed by atoms with Gasteiger partial charge >= 0.3 is 11.9 Å². The van der Waals surface area contributed by atoms with Gasteiger partial charge < -0.3 is 9.47 Å². The quantitative estimate of drug-likeness (QED) is 0.0637. The van der Waals surface area contributed by atoms with Gasteiger partial charge in [-0.25, -0.2) is 9.59 Å². The van der Waals surface area contributed by atoms with Crippen LogP contribution in [-0.2, 0) is 51.2 Å². The van der Waals surface area contributed by atoms with Crippen LogP contribution in [0.15, 0.2) is 97.1 Å². The highest BCUT2D eigenvalue weighted by atomic mass is 16.5. The van der Waals surface area contributed by atoms with Gasteiger partial charge in [0.05, 0.1) is 13.2 Å². The molecule has 0 aromatic heterocycles. The van der Waals surface area contributed by atoms with Crippen molar-refractivity contribution < 1.29 is 19.1 Å². The second-order valence-corrected chi connectivity index (χ2v) is 13.4. The summed E-state index contributed by atoms with van der Waals surface area (Å²) in [7, 11) is 0. The normalized spacial score (nSPS) is 10.9. The van der Waals surface area contributed by atoms with Crippen LogP contribution in [0.3, 0.4) is 0 Å². The largest absolute Gasteiger partial charge is 0.462 e. The summed E-state index contributed by atoms with van der Waals surface area (Å²) in [4.78, 5) is 23.9. The fourth-order valence-corrected chi connectivity index (χ4v) is 6.45. The Bertz CT molecular complexity index is 1770. The van der Waals surface area contributed by atoms with Crippen LogP contribution in [0.4, 0.5) is 0 Å². The summed E-state index contributed by atoms with van der Waals surface area (Å²) in [6, 6.07) is 27.4. The minimum absolute atomic E-state index is 0.346. The molecule has 0 aliphatic heterocycles. The maximum atomic E-state index is 11.9. The van der Waals surface area contributed by atoms with Crippen LogP contribution in [0.25, 0.3) is 33.4 Å². The minimum atomic E-state index is -0.352. The van der Waals surface area contributed by atoms with Crippen molar-refractivity contribution in [3.8, 4) is 33.4 Å². The van der Waals surface area contributed by atoms with Crippen LogP contribution >= 0.6 is 0 Å². The van der Waals surface area contributed by atoms with Gasteiger partial charge in [0.15, 0.2) is 0 Å². The van der Waals surface area contributed by atoms with E-state index in [1.807, 2.05) is 0 Å². The number of esters is 2. The van der Waals surface area contributed by atoms with Crippen molar-refractivity contribution in [1.29, 1.82) is 0 Å². The highest BCUT2D eigenvalue weighted by molar-refractivity contribution is 5.87. The van der Waals surface area contributed by atoms with E-state index in [2.05, 4.69) is 114 Å². The van der Waals surface area contributed by atoms with Gasteiger partial charge in [-0.15, -0.1) is 0 Å². The van der Waals surface area contributed by atoms with Crippen molar-refractivity contribution >= 4 is 11.9 Å². The highest BCUT2D eigenvalue weighted by Gasteiger charge is 2.15. The van der Waals surface area contributed by atoms with Gasteiger partial charge in [0.25, 0.3) is 0 Å². The van der Waals surface area contributed by atoms with Crippen LogP contribution in [-0.4, -0.2) is 25.2 Å². The summed E-state index contributed by atoms with van der Waals surface area (Å²) in [5, 5.41) is 0. The van der Waals surface area contributed by atoms with Crippen LogP contribution < -0.4 is 0 Å². The SMILES string of the molecule is C=C(C)C(=O)OCCCc1cc(-c2ccc(-c3ccc(-c4ccc(CCC)cc4)c(CC)c3)cc2CC)cc(CCCOC(=O)C(=C)C)c1C. The lowest BCUT2D eigenvalue weighted by Gasteiger charge is -2.18. The van der Waals surface area contributed by atoms with Gasteiger partial charge in [0.1, 0.15) is 0 Å². The summed E-state index contributed by atoms with van der Waals surface area (Å²) >= 11 is 0. The van der Waals surface area contributed by atoms with Crippen molar-refractivity contribution in [2.45, 2.75) is 92.9 Å². The van der Waals surface area contributed by atoms with Crippen LogP contribution in [0.5, 0.6) is 0 Å². The van der Waals surface area contributed by atoms with Crippen LogP contribution in [0, 0.1) is 6.92 Å². The number of aryl methyl sites for hydroxylation is 5. The van der Waals surface area contributed by atoms with E-state index in [9.17, 15) is 9.59 Å². The van der Waals surface area contributed by atoms with E-state index < -0.39 is 0 Å². The van der Waals surface area contributed by atoms with Crippen molar-refractivity contribution in [2.75, 3.05) is 13.2 Å². The maximum Gasteiger partial charge on any atom is 0.333 e. The Morgan fingerprint density at radius 1 is 0.560 bits per heavy atom. The fourth-order valence-electron chi connectivity index (χ4n) is 6.45. The summed E-state index contributed by atoms with van der Waals surface area (Å²) in [6.45, 7) is 20.2. The summed E-state index contributed by atoms with van der Waals surface area (Å²) in [5.41, 5.74) is 16.0. The average Bonchev–Trinajstić information content (AvgIpc) is 3.12. The monoisotopic (exact) mass is 670 g/mol. The zero-order chi connectivity index (χ0) is 36.2. The molecule has 0 radical (unpaired) electrons. The molecule has 0 aliphatic rings. The molecule has 4 nitrogen and oxygen atoms in total. The summed E-state index contributed by atoms with van der Waals surface area (Å²) in [5.74, 6) is -0.704. The standard InChI is InChI=1S/C46H54O4/c1-9-14-34-17-19-37(20-18-34)43-23-21-40(27-35(43)10-2)41-22-24-44(36(11-3)28-41)42-29-38(15-12-25-49-45(47)31(4)5)33(8)39(30-42)16-13-26-50-46(48)32(6)7/h17-24,27-30H,4,6,9-16,25-26H2,1-3,5,7-8H3. The molecule has 0 heterocycles. The summed E-state index contributed by atoms with van der Waals surface area (Å²) < 4.78 is 10.8. The van der Waals surface area contributed by atoms with E-state index in [-0.39, 0.29) is 11.9 Å². The molecule has 0 bridgehead atoms. The van der Waals surface area contributed by atoms with E-state index in [4.69, 9.17) is 9.47 Å². The lowest BCUT2D eigenvalue weighted by molar-refractivity contribution is -0.139. The predicted molar refractivity (Wildman–Crippen MR) is 208 cm³/mol. The summed E-state index contributed by atoms with van der Waals surface area (Å²) in [6.07, 6.45) is 7.14. The molecule has 50 heavy (non-hydrogen) atoms. The topological polar surface area (TPSA) is 52.6 Å². The first-order valence-electron chi connectivity index (χ1n) is 18.2. The molecule has 262 valence electrons. The van der Waals surface area contributed by atoms with Crippen LogP contribution in [0.1, 0.15) is 87.3 Å². The Kier molecular flexibility index (Phi) is 14.0. The molecule has 4 aromatic carbocycles. The molecule has 4 heteroatoms. The smallest absolute Gasteiger partial charge is 0.333 e. The minimum Gasteiger partial charge on any atom is -0.462 e. The first-order valence-corrected chi connectivity index (χ1v) is 18.2. The molecular formula is C46H54O4. The first kappa shape index (κ1) is 38.1. The van der Waals surface area contributed by atoms with E-state index in [0.717, 1.165) is 51.4 Å². The predicted octanol–water partition coefficient (Wildman–Crippen LogP) is 11.2. The van der Waals surface area contributed by atoms with Gasteiger partial charge in [-0.2, -0.15) is 0 Å². The number of hydrogen-bond acceptors (Lipinski definition) is 4. The number of rotatable bonds is 17. The first-order chi connectivity index (χ1) is 24.1. The Hall–Kier alpha value is -4.70. The molecule has 0 spiro atoms. The molecule has 0 N–H and O–H groups in total. The molecular weight excluding hydrogens is 617 g/mol. The third-order valence-electron chi connectivity index (χ3n) is 9.39. The second-order valence-electron chi connectivity index (χ2n) is 13.4.